The molecule has 0 bridgehead atoms. The molecule has 2 rings (SSSR count). The van der Waals surface area contributed by atoms with E-state index in [1.165, 1.54) is 16.5 Å². The number of hydrogen-bond donors (Lipinski definition) is 1. The fraction of sp³-hybridized carbons (Fsp3) is 0.529. The molecule has 0 aliphatic carbocycles. The lowest BCUT2D eigenvalue weighted by Crippen LogP contribution is -2.19. The number of methoxy groups -OCH3 is 1. The van der Waals surface area contributed by atoms with Crippen LogP contribution in [-0.2, 0) is 17.8 Å². The van der Waals surface area contributed by atoms with Gasteiger partial charge in [0.1, 0.15) is 0 Å². The molecule has 0 aliphatic heterocycles. The molecule has 1 N–H and O–H groups in total. The van der Waals surface area contributed by atoms with Crippen molar-refractivity contribution in [2.24, 2.45) is 5.92 Å². The Morgan fingerprint density at radius 3 is 2.71 bits per heavy atom. The largest absolute Gasteiger partial charge is 0.380 e. The van der Waals surface area contributed by atoms with Gasteiger partial charge in [-0.3, -0.25) is 0 Å². The van der Waals surface area contributed by atoms with Crippen LogP contribution in [0.5, 0.6) is 0 Å². The first-order valence-electron chi connectivity index (χ1n) is 7.52. The standard InChI is InChI=1S/C17H25ClN2O/c1-12(2)8-19-9-14-11-20(10-13(3)21-4)17-7-15(18)5-6-16(14)17/h5-7,11-13,19H,8-10H2,1-4H3. The zero-order chi connectivity index (χ0) is 15.4. The average Bonchev–Trinajstić information content (AvgIpc) is 2.76. The van der Waals surface area contributed by atoms with Gasteiger partial charge in [-0.05, 0) is 37.1 Å². The van der Waals surface area contributed by atoms with Crippen LogP contribution in [0.25, 0.3) is 10.9 Å². The predicted octanol–water partition coefficient (Wildman–Crippen LogP) is 4.08. The van der Waals surface area contributed by atoms with Crippen LogP contribution in [-0.4, -0.2) is 24.3 Å². The van der Waals surface area contributed by atoms with E-state index in [1.807, 2.05) is 12.1 Å². The predicted molar refractivity (Wildman–Crippen MR) is 90.0 cm³/mol. The normalized spacial score (nSPS) is 13.2. The molecule has 0 spiro atoms. The maximum atomic E-state index is 6.16. The monoisotopic (exact) mass is 308 g/mol. The highest BCUT2D eigenvalue weighted by atomic mass is 35.5. The number of hydrogen-bond acceptors (Lipinski definition) is 2. The highest BCUT2D eigenvalue weighted by Crippen LogP contribution is 2.25. The Morgan fingerprint density at radius 1 is 1.29 bits per heavy atom. The van der Waals surface area contributed by atoms with Gasteiger partial charge in [0.15, 0.2) is 0 Å². The first-order valence-corrected chi connectivity index (χ1v) is 7.89. The van der Waals surface area contributed by atoms with Crippen LogP contribution in [0.4, 0.5) is 0 Å². The van der Waals surface area contributed by atoms with Crippen molar-refractivity contribution in [1.82, 2.24) is 9.88 Å². The number of benzene rings is 1. The van der Waals surface area contributed by atoms with Gasteiger partial charge in [0, 0.05) is 42.3 Å². The second-order valence-electron chi connectivity index (χ2n) is 6.04. The van der Waals surface area contributed by atoms with Gasteiger partial charge >= 0.3 is 0 Å². The number of aromatic nitrogens is 1. The van der Waals surface area contributed by atoms with Crippen LogP contribution in [0.2, 0.25) is 5.02 Å². The van der Waals surface area contributed by atoms with Gasteiger partial charge in [-0.2, -0.15) is 0 Å². The minimum Gasteiger partial charge on any atom is -0.380 e. The molecule has 3 nitrogen and oxygen atoms in total. The lowest BCUT2D eigenvalue weighted by molar-refractivity contribution is 0.104. The number of fused-ring (bicyclic) bond motifs is 1. The lowest BCUT2D eigenvalue weighted by Gasteiger charge is -2.11. The van der Waals surface area contributed by atoms with Gasteiger partial charge < -0.3 is 14.6 Å². The SMILES string of the molecule is COC(C)Cn1cc(CNCC(C)C)c2ccc(Cl)cc21. The summed E-state index contributed by atoms with van der Waals surface area (Å²) in [5.74, 6) is 0.654. The highest BCUT2D eigenvalue weighted by molar-refractivity contribution is 6.31. The summed E-state index contributed by atoms with van der Waals surface area (Å²) in [6.07, 6.45) is 2.39. The van der Waals surface area contributed by atoms with Crippen LogP contribution < -0.4 is 5.32 Å². The van der Waals surface area contributed by atoms with E-state index in [4.69, 9.17) is 16.3 Å². The van der Waals surface area contributed by atoms with Gasteiger partial charge in [0.2, 0.25) is 0 Å². The molecule has 1 aromatic heterocycles. The van der Waals surface area contributed by atoms with Crippen molar-refractivity contribution < 1.29 is 4.74 Å². The maximum Gasteiger partial charge on any atom is 0.0722 e. The molecule has 0 aliphatic rings. The third kappa shape index (κ3) is 4.22. The Morgan fingerprint density at radius 2 is 2.05 bits per heavy atom. The molecule has 2 aromatic rings. The Hall–Kier alpha value is -1.03. The number of nitrogens with zero attached hydrogens (tertiary/aromatic N) is 1. The van der Waals surface area contributed by atoms with E-state index >= 15 is 0 Å². The maximum absolute atomic E-state index is 6.16. The van der Waals surface area contributed by atoms with E-state index in [2.05, 4.69) is 42.9 Å². The number of rotatable bonds is 7. The third-order valence-electron chi connectivity index (χ3n) is 3.65. The van der Waals surface area contributed by atoms with Crippen molar-refractivity contribution in [1.29, 1.82) is 0 Å². The molecule has 0 saturated heterocycles. The Kier molecular flexibility index (Phi) is 5.68. The van der Waals surface area contributed by atoms with Crippen molar-refractivity contribution in [3.63, 3.8) is 0 Å². The second-order valence-corrected chi connectivity index (χ2v) is 6.48. The summed E-state index contributed by atoms with van der Waals surface area (Å²) in [6, 6.07) is 6.10. The fourth-order valence-electron chi connectivity index (χ4n) is 2.48. The summed E-state index contributed by atoms with van der Waals surface area (Å²) in [4.78, 5) is 0. The smallest absolute Gasteiger partial charge is 0.0722 e. The molecule has 116 valence electrons. The summed E-state index contributed by atoms with van der Waals surface area (Å²) >= 11 is 6.16. The summed E-state index contributed by atoms with van der Waals surface area (Å²) < 4.78 is 7.62. The minimum atomic E-state index is 0.177. The van der Waals surface area contributed by atoms with Crippen molar-refractivity contribution in [2.45, 2.75) is 40.0 Å². The molecule has 1 atom stereocenters. The van der Waals surface area contributed by atoms with E-state index in [9.17, 15) is 0 Å². The Bertz CT molecular complexity index is 592. The topological polar surface area (TPSA) is 26.2 Å². The van der Waals surface area contributed by atoms with Gasteiger partial charge in [0.25, 0.3) is 0 Å². The van der Waals surface area contributed by atoms with E-state index in [-0.39, 0.29) is 6.10 Å². The van der Waals surface area contributed by atoms with E-state index in [0.29, 0.717) is 5.92 Å². The molecular formula is C17H25ClN2O. The highest BCUT2D eigenvalue weighted by Gasteiger charge is 2.11. The minimum absolute atomic E-state index is 0.177. The van der Waals surface area contributed by atoms with Crippen LogP contribution >= 0.6 is 11.6 Å². The molecule has 0 amide bonds. The average molecular weight is 309 g/mol. The summed E-state index contributed by atoms with van der Waals surface area (Å²) in [5.41, 5.74) is 2.48. The zero-order valence-electron chi connectivity index (χ0n) is 13.3. The molecule has 21 heavy (non-hydrogen) atoms. The van der Waals surface area contributed by atoms with Crippen LogP contribution in [0.3, 0.4) is 0 Å². The zero-order valence-corrected chi connectivity index (χ0v) is 14.1. The van der Waals surface area contributed by atoms with Gasteiger partial charge in [-0.25, -0.2) is 0 Å². The number of halogens is 1. The molecule has 1 aromatic carbocycles. The van der Waals surface area contributed by atoms with Crippen molar-refractivity contribution >= 4 is 22.5 Å². The summed E-state index contributed by atoms with van der Waals surface area (Å²) in [6.45, 7) is 9.25. The summed E-state index contributed by atoms with van der Waals surface area (Å²) in [5, 5.41) is 5.55. The second kappa shape index (κ2) is 7.30. The summed E-state index contributed by atoms with van der Waals surface area (Å²) in [7, 11) is 1.74. The van der Waals surface area contributed by atoms with Crippen LogP contribution in [0.1, 0.15) is 26.3 Å². The molecule has 0 fully saturated rings. The Balaban J connectivity index is 2.28. The van der Waals surface area contributed by atoms with Crippen molar-refractivity contribution in [3.8, 4) is 0 Å². The van der Waals surface area contributed by atoms with Gasteiger partial charge in [-0.1, -0.05) is 31.5 Å². The lowest BCUT2D eigenvalue weighted by atomic mass is 10.1. The van der Waals surface area contributed by atoms with E-state index in [0.717, 1.165) is 24.7 Å². The molecule has 0 saturated carbocycles. The van der Waals surface area contributed by atoms with Gasteiger partial charge in [-0.15, -0.1) is 0 Å². The van der Waals surface area contributed by atoms with E-state index in [1.54, 1.807) is 7.11 Å². The number of ether oxygens (including phenoxy) is 1. The molecule has 4 heteroatoms. The first-order chi connectivity index (χ1) is 10.0. The third-order valence-corrected chi connectivity index (χ3v) is 3.89. The quantitative estimate of drug-likeness (QED) is 0.834. The van der Waals surface area contributed by atoms with Crippen molar-refractivity contribution in [2.75, 3.05) is 13.7 Å². The first kappa shape index (κ1) is 16.3. The van der Waals surface area contributed by atoms with Gasteiger partial charge in [0.05, 0.1) is 6.10 Å². The van der Waals surface area contributed by atoms with Crippen LogP contribution in [0.15, 0.2) is 24.4 Å². The molecular weight excluding hydrogens is 284 g/mol. The van der Waals surface area contributed by atoms with Crippen molar-refractivity contribution in [3.05, 3.63) is 35.0 Å². The van der Waals surface area contributed by atoms with Crippen LogP contribution in [0, 0.1) is 5.92 Å². The fourth-order valence-corrected chi connectivity index (χ4v) is 2.65. The molecule has 1 unspecified atom stereocenters. The number of nitrogens with one attached hydrogen (secondary N) is 1. The molecule has 0 radical (unpaired) electrons. The van der Waals surface area contributed by atoms with E-state index < -0.39 is 0 Å². The molecule has 1 heterocycles. The Labute approximate surface area is 132 Å².